The van der Waals surface area contributed by atoms with Crippen LogP contribution in [0.3, 0.4) is 0 Å². The molecule has 0 aromatic heterocycles. The predicted molar refractivity (Wildman–Crippen MR) is 79.2 cm³/mol. The fourth-order valence-corrected chi connectivity index (χ4v) is 2.17. The van der Waals surface area contributed by atoms with Gasteiger partial charge in [-0.25, -0.2) is 9.59 Å². The maximum Gasteiger partial charge on any atom is 0.326 e. The van der Waals surface area contributed by atoms with E-state index in [1.807, 2.05) is 6.92 Å². The molecule has 0 aliphatic carbocycles. The Kier molecular flexibility index (Phi) is 6.25. The molecule has 1 aromatic rings. The van der Waals surface area contributed by atoms with Gasteiger partial charge in [0.1, 0.15) is 6.04 Å². The van der Waals surface area contributed by atoms with E-state index in [0.29, 0.717) is 15.2 Å². The number of rotatable bonds is 5. The van der Waals surface area contributed by atoms with E-state index in [1.165, 1.54) is 0 Å². The first-order chi connectivity index (χ1) is 9.35. The van der Waals surface area contributed by atoms with Gasteiger partial charge in [0.15, 0.2) is 0 Å². The highest BCUT2D eigenvalue weighted by Crippen LogP contribution is 2.29. The average Bonchev–Trinajstić information content (AvgIpc) is 2.35. The molecule has 1 unspecified atom stereocenters. The smallest absolute Gasteiger partial charge is 0.326 e. The van der Waals surface area contributed by atoms with Gasteiger partial charge in [-0.05, 0) is 40.5 Å². The van der Waals surface area contributed by atoms with Gasteiger partial charge in [0, 0.05) is 22.5 Å². The molecule has 0 saturated carbocycles. The van der Waals surface area contributed by atoms with Gasteiger partial charge in [0.25, 0.3) is 0 Å². The summed E-state index contributed by atoms with van der Waals surface area (Å²) in [7, 11) is 0. The molecule has 0 heterocycles. The van der Waals surface area contributed by atoms with Crippen molar-refractivity contribution in [1.29, 1.82) is 0 Å². The number of anilines is 1. The van der Waals surface area contributed by atoms with E-state index in [2.05, 4.69) is 26.6 Å². The van der Waals surface area contributed by atoms with Crippen LogP contribution in [0.5, 0.6) is 0 Å². The number of amides is 2. The Balaban J connectivity index is 2.75. The van der Waals surface area contributed by atoms with Crippen LogP contribution in [0.25, 0.3) is 0 Å². The van der Waals surface area contributed by atoms with Crippen LogP contribution in [0.1, 0.15) is 12.0 Å². The minimum Gasteiger partial charge on any atom is -0.480 e. The molecule has 0 radical (unpaired) electrons. The van der Waals surface area contributed by atoms with E-state index in [4.69, 9.17) is 21.8 Å². The maximum absolute atomic E-state index is 11.7. The maximum atomic E-state index is 11.7. The highest BCUT2D eigenvalue weighted by molar-refractivity contribution is 9.10. The second kappa shape index (κ2) is 7.47. The van der Waals surface area contributed by atoms with Crippen molar-refractivity contribution in [3.8, 4) is 0 Å². The van der Waals surface area contributed by atoms with Crippen molar-refractivity contribution in [2.75, 3.05) is 11.9 Å². The van der Waals surface area contributed by atoms with Gasteiger partial charge in [-0.3, -0.25) is 0 Å². The molecule has 0 spiro atoms. The molecule has 4 N–H and O–H groups in total. The summed E-state index contributed by atoms with van der Waals surface area (Å²) >= 11 is 9.23. The summed E-state index contributed by atoms with van der Waals surface area (Å²) in [4.78, 5) is 22.6. The number of hydrogen-bond donors (Lipinski definition) is 4. The molecule has 1 aromatic carbocycles. The molecule has 2 amide bonds. The Hall–Kier alpha value is -1.31. The average molecular weight is 366 g/mol. The fraction of sp³-hybridized carbons (Fsp3) is 0.333. The van der Waals surface area contributed by atoms with E-state index >= 15 is 0 Å². The lowest BCUT2D eigenvalue weighted by Crippen LogP contribution is -2.43. The van der Waals surface area contributed by atoms with Crippen LogP contribution in [0.2, 0.25) is 5.02 Å². The summed E-state index contributed by atoms with van der Waals surface area (Å²) in [6.45, 7) is 1.48. The van der Waals surface area contributed by atoms with Crippen LogP contribution in [0.15, 0.2) is 16.6 Å². The molecule has 0 bridgehead atoms. The number of carbonyl (C=O) groups is 2. The molecular weight excluding hydrogens is 351 g/mol. The van der Waals surface area contributed by atoms with Gasteiger partial charge in [0.05, 0.1) is 5.69 Å². The number of aryl methyl sites for hydroxylation is 1. The molecule has 1 atom stereocenters. The number of hydrogen-bond acceptors (Lipinski definition) is 3. The van der Waals surface area contributed by atoms with Gasteiger partial charge in [-0.15, -0.1) is 0 Å². The molecule has 0 aliphatic heterocycles. The fourth-order valence-electron chi connectivity index (χ4n) is 1.45. The molecule has 6 nitrogen and oxygen atoms in total. The number of aliphatic carboxylic acids is 1. The van der Waals surface area contributed by atoms with Crippen LogP contribution < -0.4 is 10.6 Å². The van der Waals surface area contributed by atoms with E-state index < -0.39 is 18.0 Å². The second-order valence-electron chi connectivity index (χ2n) is 4.08. The zero-order valence-electron chi connectivity index (χ0n) is 10.6. The topological polar surface area (TPSA) is 98.7 Å². The highest BCUT2D eigenvalue weighted by Gasteiger charge is 2.19. The summed E-state index contributed by atoms with van der Waals surface area (Å²) in [6, 6.07) is 1.45. The first-order valence-electron chi connectivity index (χ1n) is 5.72. The third kappa shape index (κ3) is 4.66. The van der Waals surface area contributed by atoms with Crippen molar-refractivity contribution in [2.24, 2.45) is 0 Å². The third-order valence-electron chi connectivity index (χ3n) is 2.52. The van der Waals surface area contributed by atoms with E-state index in [9.17, 15) is 9.59 Å². The number of carboxylic acids is 1. The summed E-state index contributed by atoms with van der Waals surface area (Å²) in [5, 5.41) is 22.8. The Morgan fingerprint density at radius 2 is 2.10 bits per heavy atom. The first-order valence-corrected chi connectivity index (χ1v) is 6.89. The van der Waals surface area contributed by atoms with Crippen LogP contribution in [0, 0.1) is 6.92 Å². The molecule has 1 rings (SSSR count). The molecule has 8 heteroatoms. The van der Waals surface area contributed by atoms with E-state index in [0.717, 1.165) is 5.56 Å². The lowest BCUT2D eigenvalue weighted by Gasteiger charge is -2.15. The van der Waals surface area contributed by atoms with Crippen LogP contribution in [-0.4, -0.2) is 34.9 Å². The quantitative estimate of drug-likeness (QED) is 0.644. The van der Waals surface area contributed by atoms with Crippen LogP contribution >= 0.6 is 27.5 Å². The van der Waals surface area contributed by atoms with Gasteiger partial charge in [-0.2, -0.15) is 0 Å². The standard InChI is InChI=1S/C12H14BrClN2O4/c1-6-4-7(13)10(5-8(6)14)16-12(20)15-9(2-3-17)11(18)19/h4-5,9,17H,2-3H2,1H3,(H,18,19)(H2,15,16,20). The number of halogens is 2. The van der Waals surface area contributed by atoms with Crippen molar-refractivity contribution in [1.82, 2.24) is 5.32 Å². The summed E-state index contributed by atoms with van der Waals surface area (Å²) < 4.78 is 0.628. The molecule has 110 valence electrons. The largest absolute Gasteiger partial charge is 0.480 e. The number of aliphatic hydroxyl groups excluding tert-OH is 1. The minimum atomic E-state index is -1.21. The number of aliphatic hydroxyl groups is 1. The summed E-state index contributed by atoms with van der Waals surface area (Å²) in [6.07, 6.45) is -0.0709. The van der Waals surface area contributed by atoms with E-state index in [1.54, 1.807) is 12.1 Å². The predicted octanol–water partition coefficient (Wildman–Crippen LogP) is 2.37. The van der Waals surface area contributed by atoms with Gasteiger partial charge in [-0.1, -0.05) is 11.6 Å². The Bertz CT molecular complexity index is 524. The first kappa shape index (κ1) is 16.7. The number of benzene rings is 1. The van der Waals surface area contributed by atoms with Gasteiger partial charge >= 0.3 is 12.0 Å². The zero-order chi connectivity index (χ0) is 15.3. The molecular formula is C12H14BrClN2O4. The Morgan fingerprint density at radius 3 is 2.65 bits per heavy atom. The molecule has 0 fully saturated rings. The van der Waals surface area contributed by atoms with E-state index in [-0.39, 0.29) is 13.0 Å². The van der Waals surface area contributed by atoms with Crippen molar-refractivity contribution < 1.29 is 19.8 Å². The molecule has 0 aliphatic rings. The third-order valence-corrected chi connectivity index (χ3v) is 3.58. The van der Waals surface area contributed by atoms with Crippen molar-refractivity contribution in [2.45, 2.75) is 19.4 Å². The lowest BCUT2D eigenvalue weighted by atomic mass is 10.2. The van der Waals surface area contributed by atoms with Crippen LogP contribution in [-0.2, 0) is 4.79 Å². The Labute approximate surface area is 129 Å². The van der Waals surface area contributed by atoms with Crippen LogP contribution in [0.4, 0.5) is 10.5 Å². The molecule has 0 saturated heterocycles. The lowest BCUT2D eigenvalue weighted by molar-refractivity contribution is -0.139. The zero-order valence-corrected chi connectivity index (χ0v) is 13.0. The number of urea groups is 1. The summed E-state index contributed by atoms with van der Waals surface area (Å²) in [5.41, 5.74) is 1.26. The molecule has 20 heavy (non-hydrogen) atoms. The highest BCUT2D eigenvalue weighted by atomic mass is 79.9. The minimum absolute atomic E-state index is 0.0709. The van der Waals surface area contributed by atoms with Crippen molar-refractivity contribution in [3.63, 3.8) is 0 Å². The van der Waals surface area contributed by atoms with Gasteiger partial charge < -0.3 is 20.8 Å². The number of carboxylic acid groups (broad SMARTS) is 1. The van der Waals surface area contributed by atoms with Crippen molar-refractivity contribution >= 4 is 45.2 Å². The normalized spacial score (nSPS) is 11.8. The van der Waals surface area contributed by atoms with Gasteiger partial charge in [0.2, 0.25) is 0 Å². The SMILES string of the molecule is Cc1cc(Br)c(NC(=O)NC(CCO)C(=O)O)cc1Cl. The number of nitrogens with one attached hydrogen (secondary N) is 2. The monoisotopic (exact) mass is 364 g/mol. The number of carbonyl (C=O) groups excluding carboxylic acids is 1. The second-order valence-corrected chi connectivity index (χ2v) is 5.34. The Morgan fingerprint density at radius 1 is 1.45 bits per heavy atom. The summed E-state index contributed by atoms with van der Waals surface area (Å²) in [5.74, 6) is -1.21. The van der Waals surface area contributed by atoms with Crippen molar-refractivity contribution in [3.05, 3.63) is 27.2 Å².